The number of hydrogen-bond donors (Lipinski definition) is 1. The summed E-state index contributed by atoms with van der Waals surface area (Å²) >= 11 is 0. The van der Waals surface area contributed by atoms with E-state index in [1.165, 1.54) is 25.9 Å². The van der Waals surface area contributed by atoms with Crippen molar-refractivity contribution in [3.8, 4) is 0 Å². The fourth-order valence-electron chi connectivity index (χ4n) is 2.78. The molecule has 4 nitrogen and oxygen atoms in total. The second kappa shape index (κ2) is 13.5. The molecule has 2 N–H and O–H groups in total. The van der Waals surface area contributed by atoms with E-state index in [-0.39, 0.29) is 6.17 Å². The Hall–Kier alpha value is -0.160. The van der Waals surface area contributed by atoms with Crippen molar-refractivity contribution in [2.75, 3.05) is 52.4 Å². The van der Waals surface area contributed by atoms with E-state index in [9.17, 15) is 0 Å². The van der Waals surface area contributed by atoms with Crippen molar-refractivity contribution in [1.29, 1.82) is 0 Å². The van der Waals surface area contributed by atoms with Gasteiger partial charge in [0.2, 0.25) is 0 Å². The summed E-state index contributed by atoms with van der Waals surface area (Å²) in [6, 6.07) is 0. The van der Waals surface area contributed by atoms with E-state index in [1.807, 2.05) is 0 Å². The van der Waals surface area contributed by atoms with Gasteiger partial charge in [0.1, 0.15) is 0 Å². The van der Waals surface area contributed by atoms with E-state index in [0.29, 0.717) is 0 Å². The lowest BCUT2D eigenvalue weighted by molar-refractivity contribution is 0.167. The molecule has 0 saturated carbocycles. The van der Waals surface area contributed by atoms with Crippen LogP contribution in [0.1, 0.15) is 53.9 Å². The summed E-state index contributed by atoms with van der Waals surface area (Å²) in [6.45, 7) is 20.4. The quantitative estimate of drug-likeness (QED) is 0.500. The Balaban J connectivity index is 4.08. The van der Waals surface area contributed by atoms with Gasteiger partial charge in [-0.15, -0.1) is 0 Å². The minimum Gasteiger partial charge on any atom is -0.316 e. The molecule has 0 aliphatic heterocycles. The van der Waals surface area contributed by atoms with Gasteiger partial charge >= 0.3 is 0 Å². The minimum absolute atomic E-state index is 0.221. The highest BCUT2D eigenvalue weighted by Crippen LogP contribution is 2.04. The predicted molar refractivity (Wildman–Crippen MR) is 94.6 cm³/mol. The van der Waals surface area contributed by atoms with Gasteiger partial charge in [0.05, 0.1) is 6.17 Å². The first kappa shape index (κ1) is 20.8. The van der Waals surface area contributed by atoms with Crippen LogP contribution in [0.5, 0.6) is 0 Å². The largest absolute Gasteiger partial charge is 0.316 e. The van der Waals surface area contributed by atoms with E-state index in [2.05, 4.69) is 49.3 Å². The van der Waals surface area contributed by atoms with Crippen LogP contribution in [0.25, 0.3) is 0 Å². The monoisotopic (exact) mass is 300 g/mol. The SMILES string of the molecule is CCC(N)N(CCCN(CC)CC)CCCN(CC)CC. The highest BCUT2D eigenvalue weighted by Gasteiger charge is 2.13. The van der Waals surface area contributed by atoms with E-state index < -0.39 is 0 Å². The van der Waals surface area contributed by atoms with Gasteiger partial charge in [-0.1, -0.05) is 34.6 Å². The van der Waals surface area contributed by atoms with Crippen molar-refractivity contribution in [1.82, 2.24) is 14.7 Å². The molecular formula is C17H40N4. The molecule has 4 heteroatoms. The maximum absolute atomic E-state index is 6.28. The summed E-state index contributed by atoms with van der Waals surface area (Å²) in [5.41, 5.74) is 6.28. The van der Waals surface area contributed by atoms with E-state index >= 15 is 0 Å². The Kier molecular flexibility index (Phi) is 13.4. The molecule has 0 bridgehead atoms. The van der Waals surface area contributed by atoms with Gasteiger partial charge in [0.15, 0.2) is 0 Å². The lowest BCUT2D eigenvalue weighted by Gasteiger charge is -2.30. The van der Waals surface area contributed by atoms with Gasteiger partial charge in [-0.25, -0.2) is 0 Å². The number of nitrogens with zero attached hydrogens (tertiary/aromatic N) is 3. The second-order valence-electron chi connectivity index (χ2n) is 5.77. The maximum Gasteiger partial charge on any atom is 0.0569 e. The second-order valence-corrected chi connectivity index (χ2v) is 5.77. The van der Waals surface area contributed by atoms with Gasteiger partial charge < -0.3 is 15.5 Å². The zero-order valence-corrected chi connectivity index (χ0v) is 15.3. The van der Waals surface area contributed by atoms with Gasteiger partial charge in [0.25, 0.3) is 0 Å². The maximum atomic E-state index is 6.28. The molecule has 0 aromatic heterocycles. The van der Waals surface area contributed by atoms with Gasteiger partial charge in [-0.2, -0.15) is 0 Å². The Morgan fingerprint density at radius 3 is 1.33 bits per heavy atom. The zero-order valence-electron chi connectivity index (χ0n) is 15.3. The van der Waals surface area contributed by atoms with Crippen LogP contribution >= 0.6 is 0 Å². The molecule has 128 valence electrons. The average molecular weight is 301 g/mol. The summed E-state index contributed by atoms with van der Waals surface area (Å²) in [5, 5.41) is 0. The molecule has 21 heavy (non-hydrogen) atoms. The molecule has 0 rings (SSSR count). The van der Waals surface area contributed by atoms with Crippen LogP contribution in [-0.2, 0) is 0 Å². The number of nitrogens with two attached hydrogens (primary N) is 1. The fraction of sp³-hybridized carbons (Fsp3) is 1.00. The minimum atomic E-state index is 0.221. The van der Waals surface area contributed by atoms with Crippen LogP contribution < -0.4 is 5.73 Å². The highest BCUT2D eigenvalue weighted by molar-refractivity contribution is 4.67. The molecule has 0 aromatic carbocycles. The van der Waals surface area contributed by atoms with E-state index in [1.54, 1.807) is 0 Å². The van der Waals surface area contributed by atoms with Crippen LogP contribution in [0.15, 0.2) is 0 Å². The number of rotatable bonds is 14. The standard InChI is InChI=1S/C17H40N4/c1-6-17(18)21(15-11-13-19(7-2)8-3)16-12-14-20(9-4)10-5/h17H,6-16,18H2,1-5H3. The Bertz CT molecular complexity index is 197. The van der Waals surface area contributed by atoms with Crippen molar-refractivity contribution in [2.24, 2.45) is 5.73 Å². The van der Waals surface area contributed by atoms with E-state index in [0.717, 1.165) is 45.7 Å². The summed E-state index contributed by atoms with van der Waals surface area (Å²) in [4.78, 5) is 7.46. The van der Waals surface area contributed by atoms with Crippen molar-refractivity contribution in [3.05, 3.63) is 0 Å². The first-order valence-electron chi connectivity index (χ1n) is 9.07. The molecule has 0 heterocycles. The van der Waals surface area contributed by atoms with Gasteiger partial charge in [0, 0.05) is 13.1 Å². The molecule has 0 aromatic rings. The Morgan fingerprint density at radius 1 is 0.667 bits per heavy atom. The zero-order chi connectivity index (χ0) is 16.1. The summed E-state index contributed by atoms with van der Waals surface area (Å²) in [5.74, 6) is 0. The summed E-state index contributed by atoms with van der Waals surface area (Å²) < 4.78 is 0. The Morgan fingerprint density at radius 2 is 1.05 bits per heavy atom. The summed E-state index contributed by atoms with van der Waals surface area (Å²) in [6.07, 6.45) is 3.70. The lowest BCUT2D eigenvalue weighted by Crippen LogP contribution is -2.44. The molecule has 0 aliphatic rings. The molecule has 0 spiro atoms. The first-order valence-corrected chi connectivity index (χ1v) is 9.07. The molecule has 0 amide bonds. The van der Waals surface area contributed by atoms with Crippen LogP contribution in [0.2, 0.25) is 0 Å². The van der Waals surface area contributed by atoms with Gasteiger partial charge in [-0.3, -0.25) is 4.90 Å². The van der Waals surface area contributed by atoms with Crippen LogP contribution in [0.4, 0.5) is 0 Å². The van der Waals surface area contributed by atoms with E-state index in [4.69, 9.17) is 5.73 Å². The van der Waals surface area contributed by atoms with Crippen molar-refractivity contribution < 1.29 is 0 Å². The average Bonchev–Trinajstić information content (AvgIpc) is 2.53. The molecular weight excluding hydrogens is 260 g/mol. The van der Waals surface area contributed by atoms with Crippen LogP contribution in [0, 0.1) is 0 Å². The van der Waals surface area contributed by atoms with Crippen LogP contribution in [0.3, 0.4) is 0 Å². The molecule has 0 radical (unpaired) electrons. The molecule has 1 unspecified atom stereocenters. The third-order valence-corrected chi connectivity index (χ3v) is 4.52. The summed E-state index contributed by atoms with van der Waals surface area (Å²) in [7, 11) is 0. The van der Waals surface area contributed by atoms with Gasteiger partial charge in [-0.05, 0) is 58.5 Å². The molecule has 0 aliphatic carbocycles. The predicted octanol–water partition coefficient (Wildman–Crippen LogP) is 2.45. The molecule has 0 fully saturated rings. The third kappa shape index (κ3) is 9.46. The van der Waals surface area contributed by atoms with Crippen molar-refractivity contribution in [2.45, 2.75) is 60.0 Å². The normalized spacial score (nSPS) is 13.6. The van der Waals surface area contributed by atoms with Crippen molar-refractivity contribution >= 4 is 0 Å². The topological polar surface area (TPSA) is 35.7 Å². The highest BCUT2D eigenvalue weighted by atomic mass is 15.2. The number of hydrogen-bond acceptors (Lipinski definition) is 4. The smallest absolute Gasteiger partial charge is 0.0569 e. The third-order valence-electron chi connectivity index (χ3n) is 4.52. The fourth-order valence-corrected chi connectivity index (χ4v) is 2.78. The lowest BCUT2D eigenvalue weighted by atomic mass is 10.2. The van der Waals surface area contributed by atoms with Crippen molar-refractivity contribution in [3.63, 3.8) is 0 Å². The molecule has 1 atom stereocenters. The molecule has 0 saturated heterocycles. The van der Waals surface area contributed by atoms with Crippen LogP contribution in [-0.4, -0.2) is 73.2 Å². The first-order chi connectivity index (χ1) is 10.1. The Labute approximate surface area is 133 Å².